The fraction of sp³-hybridized carbons (Fsp3) is 0.316. The third kappa shape index (κ3) is 4.05. The number of nitrogens with one attached hydrogen (secondary N) is 1. The van der Waals surface area contributed by atoms with E-state index in [9.17, 15) is 23.4 Å². The highest BCUT2D eigenvalue weighted by atomic mass is 19.4. The largest absolute Gasteiger partial charge is 0.507 e. The summed E-state index contributed by atoms with van der Waals surface area (Å²) in [7, 11) is 1.52. The summed E-state index contributed by atoms with van der Waals surface area (Å²) in [6, 6.07) is 11.7. The van der Waals surface area contributed by atoms with Crippen LogP contribution in [0.15, 0.2) is 47.6 Å². The number of oxime groups is 1. The molecule has 3 N–H and O–H groups in total. The molecule has 1 aliphatic rings. The van der Waals surface area contributed by atoms with Crippen LogP contribution in [0.25, 0.3) is 0 Å². The van der Waals surface area contributed by atoms with Crippen molar-refractivity contribution in [2.24, 2.45) is 5.16 Å². The molecular weight excluding hydrogens is 377 g/mol. The number of rotatable bonds is 6. The second-order valence-electron chi connectivity index (χ2n) is 6.35. The highest BCUT2D eigenvalue weighted by Crippen LogP contribution is 2.38. The van der Waals surface area contributed by atoms with Gasteiger partial charge >= 0.3 is 12.0 Å². The molecule has 3 rings (SSSR count). The number of alkyl halides is 3. The van der Waals surface area contributed by atoms with Crippen molar-refractivity contribution >= 4 is 5.71 Å². The molecule has 1 unspecified atom stereocenters. The maximum Gasteiger partial charge on any atom is 0.458 e. The lowest BCUT2D eigenvalue weighted by Crippen LogP contribution is -2.45. The second kappa shape index (κ2) is 7.69. The van der Waals surface area contributed by atoms with Crippen molar-refractivity contribution in [3.63, 3.8) is 0 Å². The highest BCUT2D eigenvalue weighted by Gasteiger charge is 2.60. The first-order chi connectivity index (χ1) is 13.2. The Morgan fingerprint density at radius 2 is 1.89 bits per heavy atom. The van der Waals surface area contributed by atoms with Crippen molar-refractivity contribution in [2.75, 3.05) is 7.11 Å². The molecule has 0 amide bonds. The molecule has 0 fully saturated rings. The third-order valence-electron chi connectivity index (χ3n) is 4.40. The van der Waals surface area contributed by atoms with Crippen LogP contribution in [-0.2, 0) is 17.9 Å². The number of aromatic hydroxyl groups is 1. The third-order valence-corrected chi connectivity index (χ3v) is 4.40. The van der Waals surface area contributed by atoms with Crippen molar-refractivity contribution in [1.29, 1.82) is 0 Å². The molecular formula is C19H19F3N2O4. The minimum atomic E-state index is -4.92. The van der Waals surface area contributed by atoms with Crippen LogP contribution in [0.1, 0.15) is 23.1 Å². The molecule has 0 bridgehead atoms. The van der Waals surface area contributed by atoms with Crippen LogP contribution in [0.2, 0.25) is 0 Å². The summed E-state index contributed by atoms with van der Waals surface area (Å²) in [5.41, 5.74) is 1.97. The molecule has 6 nitrogen and oxygen atoms in total. The number of phenols is 1. The second-order valence-corrected chi connectivity index (χ2v) is 6.35. The van der Waals surface area contributed by atoms with E-state index in [1.54, 1.807) is 42.5 Å². The number of aliphatic hydroxyl groups is 1. The van der Waals surface area contributed by atoms with Gasteiger partial charge in [0.2, 0.25) is 0 Å². The fourth-order valence-electron chi connectivity index (χ4n) is 2.80. The topological polar surface area (TPSA) is 83.3 Å². The van der Waals surface area contributed by atoms with Crippen molar-refractivity contribution in [3.8, 4) is 11.5 Å². The zero-order valence-electron chi connectivity index (χ0n) is 15.0. The smallest absolute Gasteiger partial charge is 0.458 e. The average Bonchev–Trinajstić information content (AvgIpc) is 3.07. The van der Waals surface area contributed by atoms with Gasteiger partial charge < -0.3 is 25.1 Å². The molecule has 28 heavy (non-hydrogen) atoms. The lowest BCUT2D eigenvalue weighted by molar-refractivity contribution is -0.355. The summed E-state index contributed by atoms with van der Waals surface area (Å²) in [5.74, 6) is -2.59. The first-order valence-corrected chi connectivity index (χ1v) is 8.42. The minimum Gasteiger partial charge on any atom is -0.507 e. The lowest BCUT2D eigenvalue weighted by Gasteiger charge is -2.22. The van der Waals surface area contributed by atoms with Gasteiger partial charge in [0, 0.05) is 18.7 Å². The van der Waals surface area contributed by atoms with E-state index in [0.717, 1.165) is 5.56 Å². The van der Waals surface area contributed by atoms with E-state index >= 15 is 0 Å². The summed E-state index contributed by atoms with van der Waals surface area (Å²) in [4.78, 5) is 4.22. The van der Waals surface area contributed by atoms with Gasteiger partial charge in [-0.2, -0.15) is 13.2 Å². The van der Waals surface area contributed by atoms with Gasteiger partial charge in [-0.3, -0.25) is 0 Å². The molecule has 0 saturated heterocycles. The Kier molecular flexibility index (Phi) is 5.48. The van der Waals surface area contributed by atoms with Gasteiger partial charge in [0.1, 0.15) is 11.5 Å². The minimum absolute atomic E-state index is 0.0262. The van der Waals surface area contributed by atoms with Crippen LogP contribution in [-0.4, -0.2) is 35.0 Å². The van der Waals surface area contributed by atoms with Crippen LogP contribution in [0.3, 0.4) is 0 Å². The van der Waals surface area contributed by atoms with E-state index in [4.69, 9.17) is 4.74 Å². The van der Waals surface area contributed by atoms with Gasteiger partial charge in [-0.25, -0.2) is 0 Å². The quantitative estimate of drug-likeness (QED) is 0.699. The molecule has 1 aliphatic heterocycles. The van der Waals surface area contributed by atoms with Gasteiger partial charge in [0.15, 0.2) is 0 Å². The lowest BCUT2D eigenvalue weighted by atomic mass is 10.0. The van der Waals surface area contributed by atoms with Crippen molar-refractivity contribution < 1.29 is 33.0 Å². The molecule has 0 aliphatic carbocycles. The maximum absolute atomic E-state index is 12.8. The number of phenolic OH excluding ortho intramolecular Hbond substituents is 1. The number of hydrogen-bond acceptors (Lipinski definition) is 6. The number of halogens is 3. The Bertz CT molecular complexity index is 868. The van der Waals surface area contributed by atoms with Gasteiger partial charge in [-0.15, -0.1) is 0 Å². The number of ether oxygens (including phenoxy) is 1. The Labute approximate surface area is 159 Å². The van der Waals surface area contributed by atoms with Gasteiger partial charge in [-0.1, -0.05) is 35.5 Å². The van der Waals surface area contributed by atoms with E-state index < -0.39 is 18.4 Å². The monoisotopic (exact) mass is 396 g/mol. The summed E-state index contributed by atoms with van der Waals surface area (Å²) in [6.45, 7) is 0.837. The summed E-state index contributed by atoms with van der Waals surface area (Å²) in [5, 5.41) is 26.0. The molecule has 9 heteroatoms. The van der Waals surface area contributed by atoms with Crippen LogP contribution in [0, 0.1) is 0 Å². The van der Waals surface area contributed by atoms with Crippen LogP contribution in [0.4, 0.5) is 13.2 Å². The molecule has 1 heterocycles. The molecule has 2 aromatic rings. The Hall–Kier alpha value is -2.78. The molecule has 0 spiro atoms. The molecule has 1 atom stereocenters. The van der Waals surface area contributed by atoms with E-state index in [-0.39, 0.29) is 11.5 Å². The van der Waals surface area contributed by atoms with E-state index in [1.807, 2.05) is 0 Å². The van der Waals surface area contributed by atoms with E-state index in [1.165, 1.54) is 7.11 Å². The summed E-state index contributed by atoms with van der Waals surface area (Å²) in [6.07, 6.45) is -5.69. The molecule has 0 radical (unpaired) electrons. The molecule has 2 aromatic carbocycles. The number of benzene rings is 2. The number of nitrogens with zero attached hydrogens (tertiary/aromatic N) is 1. The Morgan fingerprint density at radius 3 is 2.50 bits per heavy atom. The summed E-state index contributed by atoms with van der Waals surface area (Å²) >= 11 is 0. The maximum atomic E-state index is 12.8. The SMILES string of the molecule is COc1cccc(O)c1CNCc1ccc(C2=NOC(O)(C(F)(F)F)C2)cc1. The van der Waals surface area contributed by atoms with Crippen molar-refractivity contribution in [2.45, 2.75) is 31.5 Å². The average molecular weight is 396 g/mol. The first-order valence-electron chi connectivity index (χ1n) is 8.42. The zero-order chi connectivity index (χ0) is 20.4. The Balaban J connectivity index is 1.59. The van der Waals surface area contributed by atoms with Crippen molar-refractivity contribution in [3.05, 3.63) is 59.2 Å². The summed E-state index contributed by atoms with van der Waals surface area (Å²) < 4.78 is 43.5. The molecule has 0 aromatic heterocycles. The van der Waals surface area contributed by atoms with E-state index in [2.05, 4.69) is 15.3 Å². The first kappa shape index (κ1) is 20.0. The predicted octanol–water partition coefficient (Wildman–Crippen LogP) is 3.07. The van der Waals surface area contributed by atoms with E-state index in [0.29, 0.717) is 30.0 Å². The van der Waals surface area contributed by atoms with Crippen LogP contribution >= 0.6 is 0 Å². The van der Waals surface area contributed by atoms with Gasteiger partial charge in [0.25, 0.3) is 0 Å². The number of hydrogen-bond donors (Lipinski definition) is 3. The fourth-order valence-corrected chi connectivity index (χ4v) is 2.80. The number of methoxy groups -OCH3 is 1. The normalized spacial score (nSPS) is 19.2. The standard InChI is InChI=1S/C19H19F3N2O4/c1-27-17-4-2-3-16(25)14(17)11-23-10-12-5-7-13(8-6-12)15-9-18(26,28-24-15)19(20,21)22/h2-8,23,25-26H,9-11H2,1H3. The predicted molar refractivity (Wildman–Crippen MR) is 94.9 cm³/mol. The van der Waals surface area contributed by atoms with Crippen LogP contribution < -0.4 is 10.1 Å². The van der Waals surface area contributed by atoms with Gasteiger partial charge in [0.05, 0.1) is 19.2 Å². The Morgan fingerprint density at radius 1 is 1.18 bits per heavy atom. The molecule has 0 saturated carbocycles. The van der Waals surface area contributed by atoms with Gasteiger partial charge in [-0.05, 0) is 23.3 Å². The molecule has 150 valence electrons. The van der Waals surface area contributed by atoms with Crippen LogP contribution in [0.5, 0.6) is 11.5 Å². The van der Waals surface area contributed by atoms with Crippen molar-refractivity contribution in [1.82, 2.24) is 5.32 Å². The zero-order valence-corrected chi connectivity index (χ0v) is 15.0. The highest BCUT2D eigenvalue weighted by molar-refractivity contribution is 6.01.